The zero-order valence-corrected chi connectivity index (χ0v) is 25.0. The first kappa shape index (κ1) is 28.5. The molecule has 1 amide bonds. The molecule has 4 heterocycles. The lowest BCUT2D eigenvalue weighted by Crippen LogP contribution is -2.29. The van der Waals surface area contributed by atoms with Gasteiger partial charge < -0.3 is 15.5 Å². The number of hydrogen-bond acceptors (Lipinski definition) is 7. The molecule has 1 fully saturated rings. The lowest BCUT2D eigenvalue weighted by Gasteiger charge is -2.29. The quantitative estimate of drug-likeness (QED) is 0.241. The number of rotatable bonds is 6. The Balaban J connectivity index is 1.26. The molecule has 1 aliphatic rings. The first-order chi connectivity index (χ1) is 20.7. The van der Waals surface area contributed by atoms with Crippen molar-refractivity contribution in [3.8, 4) is 22.3 Å². The van der Waals surface area contributed by atoms with Gasteiger partial charge in [-0.05, 0) is 92.5 Å². The van der Waals surface area contributed by atoms with E-state index >= 15 is 0 Å². The zero-order valence-electron chi connectivity index (χ0n) is 24.3. The van der Waals surface area contributed by atoms with E-state index in [1.54, 1.807) is 37.6 Å². The topological polar surface area (TPSA) is 105 Å². The average molecular weight is 594 g/mol. The fourth-order valence-corrected chi connectivity index (χ4v) is 5.76. The number of hydrogen-bond donors (Lipinski definition) is 2. The number of piperidine rings is 1. The minimum atomic E-state index is -0.224. The SMILES string of the molecule is CC(=O)Nc1ccc(-c2ccc(Cl)c(-c3cc4cnc(Nc5ccc(C6CCN(C)CC6)cc5)nc4n(C)c3=O)c2)cn1. The summed E-state index contributed by atoms with van der Waals surface area (Å²) in [6.07, 6.45) is 5.73. The molecule has 6 rings (SSSR count). The predicted molar refractivity (Wildman–Crippen MR) is 172 cm³/mol. The number of halogens is 1. The highest BCUT2D eigenvalue weighted by Crippen LogP contribution is 2.33. The molecule has 5 aromatic rings. The molecule has 3 aromatic heterocycles. The second kappa shape index (κ2) is 11.9. The van der Waals surface area contributed by atoms with E-state index in [2.05, 4.69) is 61.8 Å². The van der Waals surface area contributed by atoms with Crippen LogP contribution in [0.5, 0.6) is 0 Å². The number of amides is 1. The fraction of sp³-hybridized carbons (Fsp3) is 0.242. The molecule has 0 aliphatic carbocycles. The van der Waals surface area contributed by atoms with Crippen LogP contribution in [0.25, 0.3) is 33.3 Å². The molecular formula is C33H32ClN7O2. The maximum atomic E-state index is 13.6. The average Bonchev–Trinajstić information content (AvgIpc) is 3.01. The van der Waals surface area contributed by atoms with E-state index in [0.717, 1.165) is 29.9 Å². The van der Waals surface area contributed by atoms with Crippen molar-refractivity contribution in [1.82, 2.24) is 24.4 Å². The van der Waals surface area contributed by atoms with Crippen LogP contribution in [-0.4, -0.2) is 50.5 Å². The summed E-state index contributed by atoms with van der Waals surface area (Å²) < 4.78 is 1.52. The van der Waals surface area contributed by atoms with Gasteiger partial charge in [-0.1, -0.05) is 29.8 Å². The van der Waals surface area contributed by atoms with Gasteiger partial charge in [0.05, 0.1) is 0 Å². The molecule has 43 heavy (non-hydrogen) atoms. The largest absolute Gasteiger partial charge is 0.324 e. The first-order valence-electron chi connectivity index (χ1n) is 14.2. The van der Waals surface area contributed by atoms with Gasteiger partial charge in [-0.15, -0.1) is 0 Å². The van der Waals surface area contributed by atoms with Crippen LogP contribution in [0.2, 0.25) is 5.02 Å². The Morgan fingerprint density at radius 2 is 1.65 bits per heavy atom. The van der Waals surface area contributed by atoms with Gasteiger partial charge in [-0.25, -0.2) is 9.97 Å². The van der Waals surface area contributed by atoms with Crippen LogP contribution in [0.15, 0.2) is 77.9 Å². The van der Waals surface area contributed by atoms with Gasteiger partial charge >= 0.3 is 0 Å². The van der Waals surface area contributed by atoms with E-state index in [9.17, 15) is 9.59 Å². The summed E-state index contributed by atoms with van der Waals surface area (Å²) in [5.74, 6) is 1.28. The minimum absolute atomic E-state index is 0.190. The Kier molecular flexibility index (Phi) is 7.92. The number of benzene rings is 2. The number of nitrogens with one attached hydrogen (secondary N) is 2. The second-order valence-corrected chi connectivity index (χ2v) is 11.4. The van der Waals surface area contributed by atoms with Gasteiger partial charge in [0.2, 0.25) is 11.9 Å². The van der Waals surface area contributed by atoms with Crippen molar-refractivity contribution in [3.63, 3.8) is 0 Å². The van der Waals surface area contributed by atoms with Gasteiger partial charge in [0.15, 0.2) is 0 Å². The number of carbonyl (C=O) groups is 1. The highest BCUT2D eigenvalue weighted by Gasteiger charge is 2.19. The monoisotopic (exact) mass is 593 g/mol. The predicted octanol–water partition coefficient (Wildman–Crippen LogP) is 6.22. The van der Waals surface area contributed by atoms with Crippen molar-refractivity contribution < 1.29 is 4.79 Å². The van der Waals surface area contributed by atoms with Gasteiger partial charge in [0, 0.05) is 59.2 Å². The molecule has 10 heteroatoms. The first-order valence-corrected chi connectivity index (χ1v) is 14.6. The summed E-state index contributed by atoms with van der Waals surface area (Å²) in [5.41, 5.74) is 5.23. The molecule has 1 aliphatic heterocycles. The van der Waals surface area contributed by atoms with Gasteiger partial charge in [-0.3, -0.25) is 14.2 Å². The van der Waals surface area contributed by atoms with E-state index < -0.39 is 0 Å². The van der Waals surface area contributed by atoms with Gasteiger partial charge in [0.1, 0.15) is 11.5 Å². The standard InChI is InChI=1S/C33H32ClN7O2/c1-20(42)37-30-11-7-24(18-35-30)23-6-10-29(34)27(16-23)28-17-25-19-36-33(39-31(25)41(3)32(28)43)38-26-8-4-21(5-9-26)22-12-14-40(2)15-13-22/h4-11,16-19,22H,12-15H2,1-3H3,(H,35,37,42)(H,36,38,39). The van der Waals surface area contributed by atoms with Crippen LogP contribution >= 0.6 is 11.6 Å². The van der Waals surface area contributed by atoms with Gasteiger partial charge in [-0.2, -0.15) is 4.98 Å². The third-order valence-electron chi connectivity index (χ3n) is 7.96. The summed E-state index contributed by atoms with van der Waals surface area (Å²) >= 11 is 6.60. The summed E-state index contributed by atoms with van der Waals surface area (Å²) in [5, 5.41) is 7.10. The van der Waals surface area contributed by atoms with Crippen molar-refractivity contribution in [1.29, 1.82) is 0 Å². The third kappa shape index (κ3) is 6.14. The number of likely N-dealkylation sites (tertiary alicyclic amines) is 1. The van der Waals surface area contributed by atoms with Crippen LogP contribution < -0.4 is 16.2 Å². The summed E-state index contributed by atoms with van der Waals surface area (Å²) in [7, 11) is 3.87. The molecule has 0 radical (unpaired) electrons. The van der Waals surface area contributed by atoms with E-state index in [1.807, 2.05) is 18.2 Å². The summed E-state index contributed by atoms with van der Waals surface area (Å²) in [6.45, 7) is 3.68. The number of aryl methyl sites for hydroxylation is 1. The highest BCUT2D eigenvalue weighted by atomic mass is 35.5. The van der Waals surface area contributed by atoms with Crippen LogP contribution in [-0.2, 0) is 11.8 Å². The Morgan fingerprint density at radius 3 is 2.35 bits per heavy atom. The lowest BCUT2D eigenvalue weighted by atomic mass is 9.89. The molecule has 218 valence electrons. The Labute approximate surface area is 254 Å². The van der Waals surface area contributed by atoms with Gasteiger partial charge in [0.25, 0.3) is 5.56 Å². The van der Waals surface area contributed by atoms with Crippen molar-refractivity contribution in [3.05, 3.63) is 94.0 Å². The number of nitrogens with zero attached hydrogens (tertiary/aromatic N) is 5. The van der Waals surface area contributed by atoms with Crippen LogP contribution in [0.4, 0.5) is 17.5 Å². The molecule has 2 aromatic carbocycles. The smallest absolute Gasteiger partial charge is 0.259 e. The molecule has 0 bridgehead atoms. The van der Waals surface area contributed by atoms with E-state index in [4.69, 9.17) is 11.6 Å². The molecule has 0 unspecified atom stereocenters. The number of pyridine rings is 2. The van der Waals surface area contributed by atoms with Crippen molar-refractivity contribution in [2.24, 2.45) is 7.05 Å². The molecule has 0 atom stereocenters. The van der Waals surface area contributed by atoms with Crippen molar-refractivity contribution >= 4 is 46.0 Å². The van der Waals surface area contributed by atoms with Crippen molar-refractivity contribution in [2.45, 2.75) is 25.7 Å². The molecule has 0 spiro atoms. The Hall–Kier alpha value is -4.60. The number of fused-ring (bicyclic) bond motifs is 1. The number of carbonyl (C=O) groups excluding carboxylic acids is 1. The van der Waals surface area contributed by atoms with Crippen molar-refractivity contribution in [2.75, 3.05) is 30.8 Å². The Morgan fingerprint density at radius 1 is 0.907 bits per heavy atom. The third-order valence-corrected chi connectivity index (χ3v) is 8.29. The lowest BCUT2D eigenvalue weighted by molar-refractivity contribution is -0.114. The second-order valence-electron chi connectivity index (χ2n) is 11.0. The normalized spacial score (nSPS) is 14.1. The number of anilines is 3. The summed E-state index contributed by atoms with van der Waals surface area (Å²) in [6, 6.07) is 19.3. The zero-order chi connectivity index (χ0) is 30.1. The van der Waals surface area contributed by atoms with E-state index in [1.165, 1.54) is 29.9 Å². The fourth-order valence-electron chi connectivity index (χ4n) is 5.54. The van der Waals surface area contributed by atoms with E-state index in [-0.39, 0.29) is 11.5 Å². The summed E-state index contributed by atoms with van der Waals surface area (Å²) in [4.78, 5) is 40.8. The Bertz CT molecular complexity index is 1860. The highest BCUT2D eigenvalue weighted by molar-refractivity contribution is 6.33. The molecule has 9 nitrogen and oxygen atoms in total. The van der Waals surface area contributed by atoms with Crippen LogP contribution in [0.3, 0.4) is 0 Å². The van der Waals surface area contributed by atoms with Crippen LogP contribution in [0, 0.1) is 0 Å². The molecule has 1 saturated heterocycles. The molecular weight excluding hydrogens is 562 g/mol. The van der Waals surface area contributed by atoms with E-state index in [0.29, 0.717) is 44.9 Å². The maximum absolute atomic E-state index is 13.6. The minimum Gasteiger partial charge on any atom is -0.324 e. The molecule has 0 saturated carbocycles. The number of aromatic nitrogens is 4. The maximum Gasteiger partial charge on any atom is 0.259 e. The van der Waals surface area contributed by atoms with Crippen LogP contribution in [0.1, 0.15) is 31.2 Å². The molecule has 2 N–H and O–H groups in total.